The van der Waals surface area contributed by atoms with Gasteiger partial charge in [-0.15, -0.1) is 0 Å². The van der Waals surface area contributed by atoms with Crippen molar-refractivity contribution >= 4 is 11.6 Å². The highest BCUT2D eigenvalue weighted by molar-refractivity contribution is 6.31. The molecule has 80 valence electrons. The SMILES string of the molecule is CCOc1c(OC)ccc(Cl)c1CC#N. The van der Waals surface area contributed by atoms with Crippen LogP contribution in [0.15, 0.2) is 12.1 Å². The van der Waals surface area contributed by atoms with Gasteiger partial charge < -0.3 is 9.47 Å². The Bertz CT molecular complexity index is 385. The van der Waals surface area contributed by atoms with E-state index in [2.05, 4.69) is 6.07 Å². The Balaban J connectivity index is 3.24. The van der Waals surface area contributed by atoms with Crippen molar-refractivity contribution in [3.05, 3.63) is 22.7 Å². The highest BCUT2D eigenvalue weighted by atomic mass is 35.5. The molecule has 3 nitrogen and oxygen atoms in total. The van der Waals surface area contributed by atoms with E-state index in [1.807, 2.05) is 6.92 Å². The fourth-order valence-corrected chi connectivity index (χ4v) is 1.51. The summed E-state index contributed by atoms with van der Waals surface area (Å²) < 4.78 is 10.6. The summed E-state index contributed by atoms with van der Waals surface area (Å²) in [7, 11) is 1.56. The predicted molar refractivity (Wildman–Crippen MR) is 58.5 cm³/mol. The van der Waals surface area contributed by atoms with Crippen LogP contribution in [0, 0.1) is 11.3 Å². The minimum absolute atomic E-state index is 0.214. The zero-order valence-electron chi connectivity index (χ0n) is 8.71. The number of methoxy groups -OCH3 is 1. The van der Waals surface area contributed by atoms with Crippen LogP contribution >= 0.6 is 11.6 Å². The van der Waals surface area contributed by atoms with E-state index in [0.717, 1.165) is 0 Å². The van der Waals surface area contributed by atoms with Gasteiger partial charge in [-0.1, -0.05) is 11.6 Å². The summed E-state index contributed by atoms with van der Waals surface area (Å²) in [6.07, 6.45) is 0.214. The van der Waals surface area contributed by atoms with E-state index < -0.39 is 0 Å². The van der Waals surface area contributed by atoms with E-state index in [-0.39, 0.29) is 6.42 Å². The summed E-state index contributed by atoms with van der Waals surface area (Å²) >= 11 is 5.99. The fraction of sp³-hybridized carbons (Fsp3) is 0.364. The van der Waals surface area contributed by atoms with Gasteiger partial charge >= 0.3 is 0 Å². The van der Waals surface area contributed by atoms with Gasteiger partial charge in [0.2, 0.25) is 0 Å². The number of rotatable bonds is 4. The molecule has 0 atom stereocenters. The van der Waals surface area contributed by atoms with Crippen LogP contribution in [-0.2, 0) is 6.42 Å². The Morgan fingerprint density at radius 3 is 2.73 bits per heavy atom. The van der Waals surface area contributed by atoms with Gasteiger partial charge in [0, 0.05) is 10.6 Å². The molecule has 0 aliphatic rings. The highest BCUT2D eigenvalue weighted by Crippen LogP contribution is 2.36. The second kappa shape index (κ2) is 5.47. The van der Waals surface area contributed by atoms with Crippen LogP contribution in [0.4, 0.5) is 0 Å². The lowest BCUT2D eigenvalue weighted by atomic mass is 10.1. The van der Waals surface area contributed by atoms with Gasteiger partial charge in [0.05, 0.1) is 26.2 Å². The predicted octanol–water partition coefficient (Wildman–Crippen LogP) is 2.81. The molecule has 4 heteroatoms. The maximum absolute atomic E-state index is 8.70. The van der Waals surface area contributed by atoms with Crippen LogP contribution in [0.1, 0.15) is 12.5 Å². The van der Waals surface area contributed by atoms with Crippen molar-refractivity contribution in [3.63, 3.8) is 0 Å². The van der Waals surface area contributed by atoms with Gasteiger partial charge in [0.25, 0.3) is 0 Å². The molecule has 0 heterocycles. The molecule has 0 saturated carbocycles. The molecular weight excluding hydrogens is 214 g/mol. The normalized spacial score (nSPS) is 9.47. The maximum atomic E-state index is 8.70. The van der Waals surface area contributed by atoms with E-state index in [9.17, 15) is 0 Å². The van der Waals surface area contributed by atoms with Crippen LogP contribution in [0.2, 0.25) is 5.02 Å². The molecular formula is C11H12ClNO2. The molecule has 0 amide bonds. The van der Waals surface area contributed by atoms with Crippen LogP contribution in [-0.4, -0.2) is 13.7 Å². The van der Waals surface area contributed by atoms with Crippen LogP contribution in [0.5, 0.6) is 11.5 Å². The van der Waals surface area contributed by atoms with Crippen molar-refractivity contribution in [2.75, 3.05) is 13.7 Å². The van der Waals surface area contributed by atoms with Crippen molar-refractivity contribution in [2.45, 2.75) is 13.3 Å². The molecule has 1 aromatic carbocycles. The Morgan fingerprint density at radius 1 is 1.47 bits per heavy atom. The molecule has 0 saturated heterocycles. The summed E-state index contributed by atoms with van der Waals surface area (Å²) in [5.41, 5.74) is 0.681. The summed E-state index contributed by atoms with van der Waals surface area (Å²) in [6.45, 7) is 2.38. The third kappa shape index (κ3) is 2.54. The number of benzene rings is 1. The molecule has 0 spiro atoms. The maximum Gasteiger partial charge on any atom is 0.166 e. The molecule has 0 unspecified atom stereocenters. The van der Waals surface area contributed by atoms with Gasteiger partial charge in [0.1, 0.15) is 0 Å². The number of nitriles is 1. The van der Waals surface area contributed by atoms with Crippen molar-refractivity contribution in [1.82, 2.24) is 0 Å². The third-order valence-corrected chi connectivity index (χ3v) is 2.29. The minimum atomic E-state index is 0.214. The lowest BCUT2D eigenvalue weighted by molar-refractivity contribution is 0.308. The topological polar surface area (TPSA) is 42.2 Å². The number of halogens is 1. The average molecular weight is 226 g/mol. The first-order valence-corrected chi connectivity index (χ1v) is 4.97. The Labute approximate surface area is 94.2 Å². The lowest BCUT2D eigenvalue weighted by Gasteiger charge is -2.13. The smallest absolute Gasteiger partial charge is 0.166 e. The Morgan fingerprint density at radius 2 is 2.20 bits per heavy atom. The summed E-state index contributed by atoms with van der Waals surface area (Å²) in [5.74, 6) is 1.17. The zero-order chi connectivity index (χ0) is 11.3. The Hall–Kier alpha value is -1.40. The van der Waals surface area contributed by atoms with Gasteiger partial charge in [-0.05, 0) is 19.1 Å². The minimum Gasteiger partial charge on any atom is -0.493 e. The van der Waals surface area contributed by atoms with Crippen LogP contribution in [0.3, 0.4) is 0 Å². The van der Waals surface area contributed by atoms with Crippen molar-refractivity contribution in [3.8, 4) is 17.6 Å². The second-order valence-corrected chi connectivity index (χ2v) is 3.23. The Kier molecular flexibility index (Phi) is 4.26. The summed E-state index contributed by atoms with van der Waals surface area (Å²) in [5, 5.41) is 9.22. The van der Waals surface area contributed by atoms with E-state index in [1.54, 1.807) is 19.2 Å². The number of hydrogen-bond acceptors (Lipinski definition) is 3. The van der Waals surface area contributed by atoms with E-state index in [4.69, 9.17) is 26.3 Å². The van der Waals surface area contributed by atoms with Gasteiger partial charge in [-0.3, -0.25) is 0 Å². The number of nitrogens with zero attached hydrogens (tertiary/aromatic N) is 1. The number of hydrogen-bond donors (Lipinski definition) is 0. The first kappa shape index (κ1) is 11.7. The quantitative estimate of drug-likeness (QED) is 0.791. The molecule has 0 aromatic heterocycles. The summed E-state index contributed by atoms with van der Waals surface area (Å²) in [6, 6.07) is 5.49. The third-order valence-electron chi connectivity index (χ3n) is 1.93. The van der Waals surface area contributed by atoms with Crippen LogP contribution in [0.25, 0.3) is 0 Å². The van der Waals surface area contributed by atoms with Crippen molar-refractivity contribution in [2.24, 2.45) is 0 Å². The van der Waals surface area contributed by atoms with E-state index in [1.165, 1.54) is 0 Å². The average Bonchev–Trinajstić information content (AvgIpc) is 2.24. The van der Waals surface area contributed by atoms with E-state index >= 15 is 0 Å². The molecule has 0 N–H and O–H groups in total. The molecule has 0 fully saturated rings. The zero-order valence-corrected chi connectivity index (χ0v) is 9.47. The molecule has 15 heavy (non-hydrogen) atoms. The molecule has 0 aliphatic heterocycles. The molecule has 0 aliphatic carbocycles. The molecule has 1 aromatic rings. The first-order valence-electron chi connectivity index (χ1n) is 4.59. The summed E-state index contributed by atoms with van der Waals surface area (Å²) in [4.78, 5) is 0. The highest BCUT2D eigenvalue weighted by Gasteiger charge is 2.13. The van der Waals surface area contributed by atoms with Gasteiger partial charge in [0.15, 0.2) is 11.5 Å². The van der Waals surface area contributed by atoms with Crippen LogP contribution < -0.4 is 9.47 Å². The van der Waals surface area contributed by atoms with Gasteiger partial charge in [-0.2, -0.15) is 5.26 Å². The molecule has 0 radical (unpaired) electrons. The standard InChI is InChI=1S/C11H12ClNO2/c1-3-15-11-8(6-7-13)9(12)4-5-10(11)14-2/h4-5H,3,6H2,1-2H3. The fourth-order valence-electron chi connectivity index (χ4n) is 1.29. The molecule has 1 rings (SSSR count). The van der Waals surface area contributed by atoms with E-state index in [0.29, 0.717) is 28.7 Å². The van der Waals surface area contributed by atoms with Gasteiger partial charge in [-0.25, -0.2) is 0 Å². The first-order chi connectivity index (χ1) is 7.24. The van der Waals surface area contributed by atoms with Crippen molar-refractivity contribution in [1.29, 1.82) is 5.26 Å². The number of ether oxygens (including phenoxy) is 2. The second-order valence-electron chi connectivity index (χ2n) is 2.83. The monoisotopic (exact) mass is 225 g/mol. The van der Waals surface area contributed by atoms with Crippen molar-refractivity contribution < 1.29 is 9.47 Å². The lowest BCUT2D eigenvalue weighted by Crippen LogP contribution is -2.00. The molecule has 0 bridgehead atoms. The largest absolute Gasteiger partial charge is 0.493 e.